The summed E-state index contributed by atoms with van der Waals surface area (Å²) in [5.41, 5.74) is 1.17. The van der Waals surface area contributed by atoms with Crippen molar-refractivity contribution in [3.63, 3.8) is 0 Å². The first kappa shape index (κ1) is 19.9. The van der Waals surface area contributed by atoms with Crippen molar-refractivity contribution >= 4 is 23.5 Å². The molecule has 7 nitrogen and oxygen atoms in total. The van der Waals surface area contributed by atoms with Crippen LogP contribution in [0.5, 0.6) is 0 Å². The Kier molecular flexibility index (Phi) is 4.92. The molecule has 0 bridgehead atoms. The number of nitrogens with one attached hydrogen (secondary N) is 2. The summed E-state index contributed by atoms with van der Waals surface area (Å²) in [5.74, 6) is -0.817. The molecule has 1 unspecified atom stereocenters. The molecule has 3 amide bonds. The van der Waals surface area contributed by atoms with Gasteiger partial charge in [0.1, 0.15) is 11.9 Å². The monoisotopic (exact) mass is 418 g/mol. The number of halogens is 3. The molecule has 3 heterocycles. The van der Waals surface area contributed by atoms with E-state index in [9.17, 15) is 27.6 Å². The van der Waals surface area contributed by atoms with E-state index in [4.69, 9.17) is 0 Å². The number of pyridine rings is 1. The molecule has 4 rings (SSSR count). The molecule has 1 atom stereocenters. The minimum atomic E-state index is -4.44. The fourth-order valence-electron chi connectivity index (χ4n) is 3.57. The molecule has 30 heavy (non-hydrogen) atoms. The Labute approximate surface area is 169 Å². The van der Waals surface area contributed by atoms with Gasteiger partial charge in [-0.15, -0.1) is 0 Å². The fraction of sp³-hybridized carbons (Fsp3) is 0.300. The Balaban J connectivity index is 1.43. The molecule has 2 N–H and O–H groups in total. The highest BCUT2D eigenvalue weighted by atomic mass is 19.4. The molecule has 1 aromatic heterocycles. The van der Waals surface area contributed by atoms with Crippen LogP contribution in [0.1, 0.15) is 39.9 Å². The largest absolute Gasteiger partial charge is 0.417 e. The van der Waals surface area contributed by atoms with E-state index in [-0.39, 0.29) is 37.1 Å². The number of rotatable bonds is 4. The Morgan fingerprint density at radius 2 is 1.97 bits per heavy atom. The number of carbonyl (C=O) groups is 3. The summed E-state index contributed by atoms with van der Waals surface area (Å²) in [6, 6.07) is 6.79. The molecule has 1 saturated heterocycles. The number of anilines is 1. The van der Waals surface area contributed by atoms with Crippen LogP contribution >= 0.6 is 0 Å². The van der Waals surface area contributed by atoms with Gasteiger partial charge in [-0.3, -0.25) is 19.7 Å². The topological polar surface area (TPSA) is 91.4 Å². The number of aromatic nitrogens is 1. The standard InChI is InChI=1S/C20H17F3N4O3/c21-20(22,23)13-3-5-16(25-9-13)24-8-11-1-2-12-10-27(19(30)14(12)7-11)15-4-6-17(28)26-18(15)29/h1-3,5,7,9,15H,4,6,8,10H2,(H,24,25)(H,26,28,29). The van der Waals surface area contributed by atoms with E-state index in [1.165, 1.54) is 11.0 Å². The van der Waals surface area contributed by atoms with Gasteiger partial charge in [0, 0.05) is 31.3 Å². The molecule has 156 valence electrons. The van der Waals surface area contributed by atoms with Crippen molar-refractivity contribution < 1.29 is 27.6 Å². The third kappa shape index (κ3) is 3.85. The molecule has 1 fully saturated rings. The number of benzene rings is 1. The van der Waals surface area contributed by atoms with Crippen molar-refractivity contribution in [3.8, 4) is 0 Å². The SMILES string of the molecule is O=C1CCC(N2Cc3ccc(CNc4ccc(C(F)(F)F)cn4)cc3C2=O)C(=O)N1. The molecule has 2 aliphatic rings. The number of piperidine rings is 1. The summed E-state index contributed by atoms with van der Waals surface area (Å²) in [6.45, 7) is 0.548. The first-order valence-electron chi connectivity index (χ1n) is 9.26. The van der Waals surface area contributed by atoms with Crippen LogP contribution in [-0.4, -0.2) is 33.6 Å². The Bertz CT molecular complexity index is 1020. The quantitative estimate of drug-likeness (QED) is 0.745. The van der Waals surface area contributed by atoms with Gasteiger partial charge in [0.15, 0.2) is 0 Å². The molecule has 0 aliphatic carbocycles. The number of hydrogen-bond donors (Lipinski definition) is 2. The van der Waals surface area contributed by atoms with Gasteiger partial charge in [-0.2, -0.15) is 13.2 Å². The van der Waals surface area contributed by atoms with Gasteiger partial charge < -0.3 is 10.2 Å². The zero-order chi connectivity index (χ0) is 21.5. The van der Waals surface area contributed by atoms with Gasteiger partial charge in [-0.05, 0) is 35.7 Å². The molecular weight excluding hydrogens is 401 g/mol. The summed E-state index contributed by atoms with van der Waals surface area (Å²) in [6.07, 6.45) is -3.21. The smallest absolute Gasteiger partial charge is 0.366 e. The summed E-state index contributed by atoms with van der Waals surface area (Å²) in [4.78, 5) is 41.4. The number of amides is 3. The lowest BCUT2D eigenvalue weighted by molar-refractivity contribution is -0.138. The van der Waals surface area contributed by atoms with Crippen molar-refractivity contribution in [1.29, 1.82) is 0 Å². The van der Waals surface area contributed by atoms with Crippen LogP contribution in [-0.2, 0) is 28.9 Å². The summed E-state index contributed by atoms with van der Waals surface area (Å²) in [7, 11) is 0. The summed E-state index contributed by atoms with van der Waals surface area (Å²) in [5, 5.41) is 5.18. The van der Waals surface area contributed by atoms with Crippen molar-refractivity contribution in [3.05, 3.63) is 58.8 Å². The Morgan fingerprint density at radius 3 is 2.63 bits per heavy atom. The average molecular weight is 418 g/mol. The van der Waals surface area contributed by atoms with E-state index in [0.29, 0.717) is 12.0 Å². The maximum atomic E-state index is 12.8. The van der Waals surface area contributed by atoms with Crippen LogP contribution in [0.2, 0.25) is 0 Å². The second kappa shape index (κ2) is 7.43. The van der Waals surface area contributed by atoms with Crippen LogP contribution in [0.25, 0.3) is 0 Å². The van der Waals surface area contributed by atoms with Crippen LogP contribution in [0, 0.1) is 0 Å². The van der Waals surface area contributed by atoms with Crippen LogP contribution in [0.15, 0.2) is 36.5 Å². The van der Waals surface area contributed by atoms with E-state index in [1.807, 2.05) is 0 Å². The molecule has 0 spiro atoms. The number of alkyl halides is 3. The van der Waals surface area contributed by atoms with Crippen molar-refractivity contribution in [2.75, 3.05) is 5.32 Å². The molecule has 0 radical (unpaired) electrons. The van der Waals surface area contributed by atoms with Crippen LogP contribution in [0.3, 0.4) is 0 Å². The predicted octanol–water partition coefficient (Wildman–Crippen LogP) is 2.47. The van der Waals surface area contributed by atoms with Crippen LogP contribution in [0.4, 0.5) is 19.0 Å². The molecule has 0 saturated carbocycles. The summed E-state index contributed by atoms with van der Waals surface area (Å²) < 4.78 is 37.8. The minimum Gasteiger partial charge on any atom is -0.366 e. The number of nitrogens with zero attached hydrogens (tertiary/aromatic N) is 2. The lowest BCUT2D eigenvalue weighted by Crippen LogP contribution is -2.52. The maximum absolute atomic E-state index is 12.8. The van der Waals surface area contributed by atoms with Crippen LogP contribution < -0.4 is 10.6 Å². The lowest BCUT2D eigenvalue weighted by atomic mass is 10.0. The fourth-order valence-corrected chi connectivity index (χ4v) is 3.57. The zero-order valence-corrected chi connectivity index (χ0v) is 15.6. The van der Waals surface area contributed by atoms with E-state index in [0.717, 1.165) is 23.4 Å². The second-order valence-electron chi connectivity index (χ2n) is 7.17. The maximum Gasteiger partial charge on any atom is 0.417 e. The average Bonchev–Trinajstić information content (AvgIpc) is 3.02. The van der Waals surface area contributed by atoms with Gasteiger partial charge in [0.05, 0.1) is 5.56 Å². The number of carbonyl (C=O) groups excluding carboxylic acids is 3. The number of fused-ring (bicyclic) bond motifs is 1. The van der Waals surface area contributed by atoms with Crippen molar-refractivity contribution in [2.24, 2.45) is 0 Å². The summed E-state index contributed by atoms with van der Waals surface area (Å²) >= 11 is 0. The van der Waals surface area contributed by atoms with Gasteiger partial charge >= 0.3 is 6.18 Å². The van der Waals surface area contributed by atoms with E-state index >= 15 is 0 Å². The molecule has 2 aromatic rings. The van der Waals surface area contributed by atoms with E-state index in [1.54, 1.807) is 18.2 Å². The highest BCUT2D eigenvalue weighted by molar-refractivity contribution is 6.05. The minimum absolute atomic E-state index is 0.186. The predicted molar refractivity (Wildman–Crippen MR) is 99.1 cm³/mol. The van der Waals surface area contributed by atoms with Crippen molar-refractivity contribution in [1.82, 2.24) is 15.2 Å². The van der Waals surface area contributed by atoms with E-state index < -0.39 is 23.7 Å². The lowest BCUT2D eigenvalue weighted by Gasteiger charge is -2.29. The molecule has 1 aromatic carbocycles. The first-order chi connectivity index (χ1) is 14.2. The Morgan fingerprint density at radius 1 is 1.17 bits per heavy atom. The highest BCUT2D eigenvalue weighted by Crippen LogP contribution is 2.30. The van der Waals surface area contributed by atoms with Crippen molar-refractivity contribution in [2.45, 2.75) is 38.1 Å². The van der Waals surface area contributed by atoms with Gasteiger partial charge in [-0.1, -0.05) is 12.1 Å². The zero-order valence-electron chi connectivity index (χ0n) is 15.6. The highest BCUT2D eigenvalue weighted by Gasteiger charge is 2.39. The van der Waals surface area contributed by atoms with Gasteiger partial charge in [0.2, 0.25) is 11.8 Å². The molecule has 2 aliphatic heterocycles. The molecular formula is C20H17F3N4O3. The molecule has 10 heteroatoms. The third-order valence-corrected chi connectivity index (χ3v) is 5.16. The first-order valence-corrected chi connectivity index (χ1v) is 9.26. The number of imide groups is 1. The van der Waals surface area contributed by atoms with Gasteiger partial charge in [-0.25, -0.2) is 4.98 Å². The second-order valence-corrected chi connectivity index (χ2v) is 7.17. The Hall–Kier alpha value is -3.43. The third-order valence-electron chi connectivity index (χ3n) is 5.16. The number of hydrogen-bond acceptors (Lipinski definition) is 5. The normalized spacial score (nSPS) is 19.0. The van der Waals surface area contributed by atoms with E-state index in [2.05, 4.69) is 15.6 Å². The van der Waals surface area contributed by atoms with Gasteiger partial charge in [0.25, 0.3) is 5.91 Å².